The van der Waals surface area contributed by atoms with E-state index < -0.39 is 16.0 Å². The molecule has 1 aromatic heterocycles. The van der Waals surface area contributed by atoms with Crippen molar-refractivity contribution < 1.29 is 18.3 Å². The molecule has 8 heteroatoms. The average Bonchev–Trinajstić information content (AvgIpc) is 2.85. The van der Waals surface area contributed by atoms with Crippen molar-refractivity contribution in [2.75, 3.05) is 6.54 Å². The van der Waals surface area contributed by atoms with Gasteiger partial charge in [0.1, 0.15) is 4.90 Å². The molecule has 1 aliphatic carbocycles. The minimum absolute atomic E-state index is 0.0819. The molecule has 0 spiro atoms. The molecule has 0 aliphatic heterocycles. The highest BCUT2D eigenvalue weighted by molar-refractivity contribution is 7.89. The van der Waals surface area contributed by atoms with Crippen molar-refractivity contribution in [3.05, 3.63) is 12.4 Å². The van der Waals surface area contributed by atoms with E-state index >= 15 is 0 Å². The second kappa shape index (κ2) is 6.15. The first kappa shape index (κ1) is 16.0. The van der Waals surface area contributed by atoms with E-state index in [2.05, 4.69) is 16.7 Å². The van der Waals surface area contributed by atoms with Gasteiger partial charge in [0.15, 0.2) is 0 Å². The summed E-state index contributed by atoms with van der Waals surface area (Å²) in [7, 11) is -3.58. The van der Waals surface area contributed by atoms with Crippen LogP contribution in [0.2, 0.25) is 0 Å². The molecule has 1 fully saturated rings. The zero-order valence-corrected chi connectivity index (χ0v) is 12.9. The lowest BCUT2D eigenvalue weighted by atomic mass is 9.67. The lowest BCUT2D eigenvalue weighted by molar-refractivity contribution is -0.137. The van der Waals surface area contributed by atoms with E-state index in [-0.39, 0.29) is 23.3 Å². The van der Waals surface area contributed by atoms with Gasteiger partial charge in [0.25, 0.3) is 0 Å². The molecule has 1 aliphatic rings. The predicted octanol–water partition coefficient (Wildman–Crippen LogP) is 1.22. The maximum Gasteiger partial charge on any atom is 0.305 e. The SMILES string of the molecule is CCC1(CNS(=O)(=O)c2cnn(CCC(=O)O)c2)CCC1. The third-order valence-corrected chi connectivity index (χ3v) is 5.63. The van der Waals surface area contributed by atoms with Crippen molar-refractivity contribution in [2.24, 2.45) is 5.41 Å². The predicted molar refractivity (Wildman–Crippen MR) is 76.2 cm³/mol. The summed E-state index contributed by atoms with van der Waals surface area (Å²) < 4.78 is 28.4. The Labute approximate surface area is 124 Å². The molecule has 0 aromatic carbocycles. The van der Waals surface area contributed by atoms with Crippen molar-refractivity contribution in [2.45, 2.75) is 50.5 Å². The van der Waals surface area contributed by atoms with Crippen LogP contribution in [-0.4, -0.2) is 35.8 Å². The largest absolute Gasteiger partial charge is 0.481 e. The van der Waals surface area contributed by atoms with Gasteiger partial charge in [0.2, 0.25) is 10.0 Å². The van der Waals surface area contributed by atoms with Crippen LogP contribution in [0, 0.1) is 5.41 Å². The number of aryl methyl sites for hydroxylation is 1. The van der Waals surface area contributed by atoms with E-state index in [0.29, 0.717) is 6.54 Å². The lowest BCUT2D eigenvalue weighted by Gasteiger charge is -2.41. The standard InChI is InChI=1S/C13H21N3O4S/c1-2-13(5-3-6-13)10-15-21(19,20)11-8-14-16(9-11)7-4-12(17)18/h8-9,15H,2-7,10H2,1H3,(H,17,18). The van der Waals surface area contributed by atoms with Crippen molar-refractivity contribution in [1.29, 1.82) is 0 Å². The van der Waals surface area contributed by atoms with Gasteiger partial charge >= 0.3 is 5.97 Å². The number of hydrogen-bond donors (Lipinski definition) is 2. The number of rotatable bonds is 8. The number of sulfonamides is 1. The first-order valence-electron chi connectivity index (χ1n) is 7.11. The first-order valence-corrected chi connectivity index (χ1v) is 8.59. The Morgan fingerprint density at radius 3 is 2.76 bits per heavy atom. The van der Waals surface area contributed by atoms with E-state index in [1.807, 2.05) is 0 Å². The number of carbonyl (C=O) groups is 1. The molecule has 2 N–H and O–H groups in total. The second-order valence-corrected chi connectivity index (χ2v) is 7.38. The van der Waals surface area contributed by atoms with Crippen LogP contribution in [0.25, 0.3) is 0 Å². The Bertz CT molecular complexity index is 599. The highest BCUT2D eigenvalue weighted by atomic mass is 32.2. The van der Waals surface area contributed by atoms with Gasteiger partial charge in [-0.2, -0.15) is 5.10 Å². The van der Waals surface area contributed by atoms with E-state index in [1.165, 1.54) is 17.1 Å². The monoisotopic (exact) mass is 315 g/mol. The Kier molecular flexibility index (Phi) is 4.67. The molecule has 0 atom stereocenters. The van der Waals surface area contributed by atoms with Crippen LogP contribution in [0.15, 0.2) is 17.3 Å². The molecule has 118 valence electrons. The van der Waals surface area contributed by atoms with Crippen LogP contribution in [0.4, 0.5) is 0 Å². The quantitative estimate of drug-likeness (QED) is 0.751. The molecular weight excluding hydrogens is 294 g/mol. The molecule has 0 unspecified atom stereocenters. The van der Waals surface area contributed by atoms with E-state index in [1.54, 1.807) is 0 Å². The Balaban J connectivity index is 1.97. The van der Waals surface area contributed by atoms with E-state index in [9.17, 15) is 13.2 Å². The minimum Gasteiger partial charge on any atom is -0.481 e. The van der Waals surface area contributed by atoms with Crippen molar-refractivity contribution in [3.63, 3.8) is 0 Å². The lowest BCUT2D eigenvalue weighted by Crippen LogP contribution is -2.41. The van der Waals surface area contributed by atoms with Gasteiger partial charge in [0.05, 0.1) is 19.2 Å². The summed E-state index contributed by atoms with van der Waals surface area (Å²) in [5.74, 6) is -0.942. The first-order chi connectivity index (χ1) is 9.87. The zero-order valence-electron chi connectivity index (χ0n) is 12.1. The fourth-order valence-electron chi connectivity index (χ4n) is 2.48. The topological polar surface area (TPSA) is 101 Å². The fourth-order valence-corrected chi connectivity index (χ4v) is 3.59. The number of hydrogen-bond acceptors (Lipinski definition) is 4. The smallest absolute Gasteiger partial charge is 0.305 e. The Morgan fingerprint density at radius 2 is 2.24 bits per heavy atom. The number of aliphatic carboxylic acids is 1. The summed E-state index contributed by atoms with van der Waals surface area (Å²) >= 11 is 0. The average molecular weight is 315 g/mol. The third kappa shape index (κ3) is 3.82. The molecule has 0 bridgehead atoms. The van der Waals surface area contributed by atoms with Gasteiger partial charge in [0, 0.05) is 12.7 Å². The summed E-state index contributed by atoms with van der Waals surface area (Å²) in [6.45, 7) is 2.69. The fraction of sp³-hybridized carbons (Fsp3) is 0.692. The summed E-state index contributed by atoms with van der Waals surface area (Å²) in [5.41, 5.74) is 0.104. The summed E-state index contributed by atoms with van der Waals surface area (Å²) in [5, 5.41) is 12.5. The summed E-state index contributed by atoms with van der Waals surface area (Å²) in [6, 6.07) is 0. The van der Waals surface area contributed by atoms with Gasteiger partial charge in [-0.15, -0.1) is 0 Å². The molecule has 0 radical (unpaired) electrons. The van der Waals surface area contributed by atoms with Crippen LogP contribution in [0.5, 0.6) is 0 Å². The number of carboxylic acid groups (broad SMARTS) is 1. The molecule has 0 saturated heterocycles. The maximum absolute atomic E-state index is 12.2. The van der Waals surface area contributed by atoms with Gasteiger partial charge in [-0.1, -0.05) is 13.3 Å². The number of nitrogens with zero attached hydrogens (tertiary/aromatic N) is 2. The molecule has 1 saturated carbocycles. The highest BCUT2D eigenvalue weighted by Crippen LogP contribution is 2.43. The maximum atomic E-state index is 12.2. The van der Waals surface area contributed by atoms with E-state index in [4.69, 9.17) is 5.11 Å². The third-order valence-electron chi connectivity index (χ3n) is 4.28. The van der Waals surface area contributed by atoms with Crippen molar-refractivity contribution >= 4 is 16.0 Å². The van der Waals surface area contributed by atoms with Crippen LogP contribution in [0.3, 0.4) is 0 Å². The van der Waals surface area contributed by atoms with Gasteiger partial charge in [-0.3, -0.25) is 9.48 Å². The number of carboxylic acids is 1. The van der Waals surface area contributed by atoms with E-state index in [0.717, 1.165) is 25.7 Å². The van der Waals surface area contributed by atoms with Crippen LogP contribution in [0.1, 0.15) is 39.0 Å². The number of nitrogens with one attached hydrogen (secondary N) is 1. The van der Waals surface area contributed by atoms with Crippen LogP contribution < -0.4 is 4.72 Å². The van der Waals surface area contributed by atoms with Gasteiger partial charge in [-0.05, 0) is 24.7 Å². The van der Waals surface area contributed by atoms with Crippen molar-refractivity contribution in [3.8, 4) is 0 Å². The van der Waals surface area contributed by atoms with Gasteiger partial charge < -0.3 is 5.11 Å². The molecular formula is C13H21N3O4S. The van der Waals surface area contributed by atoms with Gasteiger partial charge in [-0.25, -0.2) is 13.1 Å². The molecule has 21 heavy (non-hydrogen) atoms. The van der Waals surface area contributed by atoms with Crippen molar-refractivity contribution in [1.82, 2.24) is 14.5 Å². The molecule has 1 aromatic rings. The Hall–Kier alpha value is -1.41. The molecule has 1 heterocycles. The normalized spacial score (nSPS) is 17.4. The Morgan fingerprint density at radius 1 is 1.52 bits per heavy atom. The zero-order chi connectivity index (χ0) is 15.5. The second-order valence-electron chi connectivity index (χ2n) is 5.61. The molecule has 7 nitrogen and oxygen atoms in total. The number of aromatic nitrogens is 2. The summed E-state index contributed by atoms with van der Waals surface area (Å²) in [4.78, 5) is 10.6. The molecule has 0 amide bonds. The minimum atomic E-state index is -3.58. The molecule has 2 rings (SSSR count). The summed E-state index contributed by atoms with van der Waals surface area (Å²) in [6.07, 6.45) is 6.77. The van der Waals surface area contributed by atoms with Crippen LogP contribution >= 0.6 is 0 Å². The highest BCUT2D eigenvalue weighted by Gasteiger charge is 2.36. The van der Waals surface area contributed by atoms with Crippen LogP contribution in [-0.2, 0) is 21.4 Å².